The lowest BCUT2D eigenvalue weighted by Gasteiger charge is -2.38. The van der Waals surface area contributed by atoms with Crippen molar-refractivity contribution in [1.29, 1.82) is 0 Å². The molecule has 2 aliphatic heterocycles. The molecule has 3 rings (SSSR count). The lowest BCUT2D eigenvalue weighted by Crippen LogP contribution is -2.52. The number of fused-ring (bicyclic) bond motifs is 2. The molecule has 1 aromatic carbocycles. The van der Waals surface area contributed by atoms with Crippen molar-refractivity contribution in [1.82, 2.24) is 10.2 Å². The highest BCUT2D eigenvalue weighted by Gasteiger charge is 2.40. The molecule has 0 radical (unpaired) electrons. The van der Waals surface area contributed by atoms with E-state index in [2.05, 4.69) is 10.2 Å². The summed E-state index contributed by atoms with van der Waals surface area (Å²) in [4.78, 5) is 2.28. The number of aliphatic hydroxyl groups excluding tert-OH is 1. The van der Waals surface area contributed by atoms with E-state index in [1.54, 1.807) is 0 Å². The molecule has 3 atom stereocenters. The Hall–Kier alpha value is -0.900. The fourth-order valence-electron chi connectivity index (χ4n) is 3.01. The predicted molar refractivity (Wildman–Crippen MR) is 62.9 cm³/mol. The molecule has 16 heavy (non-hydrogen) atoms. The third kappa shape index (κ3) is 1.65. The van der Waals surface area contributed by atoms with Crippen molar-refractivity contribution in [3.05, 3.63) is 35.9 Å². The second kappa shape index (κ2) is 4.17. The van der Waals surface area contributed by atoms with Crippen LogP contribution in [0.25, 0.3) is 0 Å². The Kier molecular flexibility index (Phi) is 2.67. The summed E-state index contributed by atoms with van der Waals surface area (Å²) in [5.74, 6) is 0. The van der Waals surface area contributed by atoms with E-state index < -0.39 is 6.23 Å². The Labute approximate surface area is 96.1 Å². The van der Waals surface area contributed by atoms with Gasteiger partial charge in [-0.1, -0.05) is 30.3 Å². The van der Waals surface area contributed by atoms with E-state index in [1.807, 2.05) is 30.3 Å². The summed E-state index contributed by atoms with van der Waals surface area (Å²) in [5.41, 5.74) is 1.02. The first-order valence-corrected chi connectivity index (χ1v) is 6.07. The van der Waals surface area contributed by atoms with Gasteiger partial charge in [0.15, 0.2) is 0 Å². The summed E-state index contributed by atoms with van der Waals surface area (Å²) in [6.07, 6.45) is 1.99. The van der Waals surface area contributed by atoms with E-state index in [0.29, 0.717) is 12.1 Å². The van der Waals surface area contributed by atoms with Gasteiger partial charge in [-0.2, -0.15) is 0 Å². The van der Waals surface area contributed by atoms with Crippen LogP contribution in [-0.2, 0) is 0 Å². The average molecular weight is 218 g/mol. The van der Waals surface area contributed by atoms with Crippen LogP contribution in [0.2, 0.25) is 0 Å². The van der Waals surface area contributed by atoms with Crippen LogP contribution in [0, 0.1) is 0 Å². The Balaban J connectivity index is 1.83. The zero-order valence-corrected chi connectivity index (χ0v) is 9.34. The number of aliphatic hydroxyl groups is 1. The van der Waals surface area contributed by atoms with Gasteiger partial charge in [0.1, 0.15) is 6.23 Å². The van der Waals surface area contributed by atoms with E-state index in [-0.39, 0.29) is 0 Å². The van der Waals surface area contributed by atoms with E-state index in [0.717, 1.165) is 18.7 Å². The molecule has 3 heteroatoms. The first-order valence-electron chi connectivity index (χ1n) is 6.07. The Bertz CT molecular complexity index is 338. The second-order valence-electron chi connectivity index (χ2n) is 4.77. The lowest BCUT2D eigenvalue weighted by molar-refractivity contribution is -0.0431. The minimum atomic E-state index is -0.430. The molecular weight excluding hydrogens is 200 g/mol. The van der Waals surface area contributed by atoms with Crippen LogP contribution in [0.1, 0.15) is 24.6 Å². The molecule has 0 saturated carbocycles. The summed E-state index contributed by atoms with van der Waals surface area (Å²) >= 11 is 0. The van der Waals surface area contributed by atoms with Gasteiger partial charge in [0.05, 0.1) is 0 Å². The minimum Gasteiger partial charge on any atom is -0.374 e. The average Bonchev–Trinajstić information content (AvgIpc) is 2.59. The van der Waals surface area contributed by atoms with E-state index in [1.165, 1.54) is 12.8 Å². The van der Waals surface area contributed by atoms with Crippen LogP contribution in [0.4, 0.5) is 0 Å². The van der Waals surface area contributed by atoms with Gasteiger partial charge < -0.3 is 10.4 Å². The first-order chi connectivity index (χ1) is 7.86. The number of nitrogens with one attached hydrogen (secondary N) is 1. The van der Waals surface area contributed by atoms with Crippen molar-refractivity contribution in [3.8, 4) is 0 Å². The maximum absolute atomic E-state index is 10.4. The normalized spacial score (nSPS) is 31.6. The van der Waals surface area contributed by atoms with E-state index in [4.69, 9.17) is 0 Å². The fraction of sp³-hybridized carbons (Fsp3) is 0.538. The molecule has 2 fully saturated rings. The van der Waals surface area contributed by atoms with Crippen LogP contribution in [0.5, 0.6) is 0 Å². The smallest absolute Gasteiger partial charge is 0.134 e. The number of hydrogen-bond donors (Lipinski definition) is 2. The number of rotatable bonds is 2. The molecule has 0 amide bonds. The monoisotopic (exact) mass is 218 g/mol. The highest BCUT2D eigenvalue weighted by atomic mass is 16.3. The van der Waals surface area contributed by atoms with Crippen molar-refractivity contribution < 1.29 is 5.11 Å². The quantitative estimate of drug-likeness (QED) is 0.780. The molecule has 2 bridgehead atoms. The van der Waals surface area contributed by atoms with Crippen molar-refractivity contribution in [3.63, 3.8) is 0 Å². The molecule has 2 N–H and O–H groups in total. The maximum atomic E-state index is 10.4. The SMILES string of the molecule is OC(c1ccccc1)N1C2CCC1CNC2. The summed E-state index contributed by atoms with van der Waals surface area (Å²) < 4.78 is 0. The standard InChI is InChI=1S/C13H18N2O/c16-13(10-4-2-1-3-5-10)15-11-6-7-12(15)9-14-8-11/h1-5,11-14,16H,6-9H2. The van der Waals surface area contributed by atoms with Crippen LogP contribution >= 0.6 is 0 Å². The Morgan fingerprint density at radius 2 is 1.75 bits per heavy atom. The topological polar surface area (TPSA) is 35.5 Å². The van der Waals surface area contributed by atoms with Gasteiger partial charge in [0, 0.05) is 25.2 Å². The molecule has 86 valence electrons. The van der Waals surface area contributed by atoms with Gasteiger partial charge in [-0.05, 0) is 18.4 Å². The summed E-state index contributed by atoms with van der Waals surface area (Å²) in [6, 6.07) is 11.0. The highest BCUT2D eigenvalue weighted by Crippen LogP contribution is 2.33. The summed E-state index contributed by atoms with van der Waals surface area (Å²) in [6.45, 7) is 2.03. The van der Waals surface area contributed by atoms with Gasteiger partial charge in [-0.15, -0.1) is 0 Å². The van der Waals surface area contributed by atoms with Crippen molar-refractivity contribution in [2.75, 3.05) is 13.1 Å². The van der Waals surface area contributed by atoms with Crippen molar-refractivity contribution in [2.24, 2.45) is 0 Å². The second-order valence-corrected chi connectivity index (χ2v) is 4.77. The zero-order valence-electron chi connectivity index (χ0n) is 9.34. The van der Waals surface area contributed by atoms with Crippen LogP contribution < -0.4 is 5.32 Å². The number of hydrogen-bond acceptors (Lipinski definition) is 3. The molecule has 0 aliphatic carbocycles. The van der Waals surface area contributed by atoms with Gasteiger partial charge >= 0.3 is 0 Å². The Morgan fingerprint density at radius 3 is 2.38 bits per heavy atom. The summed E-state index contributed by atoms with van der Waals surface area (Å²) in [5, 5.41) is 13.9. The van der Waals surface area contributed by atoms with Crippen molar-refractivity contribution >= 4 is 0 Å². The van der Waals surface area contributed by atoms with E-state index in [9.17, 15) is 5.11 Å². The molecule has 0 spiro atoms. The minimum absolute atomic E-state index is 0.430. The molecule has 3 nitrogen and oxygen atoms in total. The van der Waals surface area contributed by atoms with Crippen LogP contribution in [0.3, 0.4) is 0 Å². The van der Waals surface area contributed by atoms with Gasteiger partial charge in [-0.3, -0.25) is 4.90 Å². The van der Waals surface area contributed by atoms with Crippen molar-refractivity contribution in [2.45, 2.75) is 31.2 Å². The van der Waals surface area contributed by atoms with E-state index >= 15 is 0 Å². The lowest BCUT2D eigenvalue weighted by atomic mass is 10.1. The number of benzene rings is 1. The van der Waals surface area contributed by atoms with Gasteiger partial charge in [-0.25, -0.2) is 0 Å². The van der Waals surface area contributed by atoms with Crippen LogP contribution in [-0.4, -0.2) is 35.2 Å². The summed E-state index contributed by atoms with van der Waals surface area (Å²) in [7, 11) is 0. The van der Waals surface area contributed by atoms with Gasteiger partial charge in [0.25, 0.3) is 0 Å². The molecule has 3 unspecified atom stereocenters. The molecule has 1 aromatic rings. The number of piperazine rings is 1. The molecule has 2 saturated heterocycles. The predicted octanol–water partition coefficient (Wildman–Crippen LogP) is 1.11. The Morgan fingerprint density at radius 1 is 1.12 bits per heavy atom. The third-order valence-electron chi connectivity index (χ3n) is 3.82. The number of nitrogens with zero attached hydrogens (tertiary/aromatic N) is 1. The zero-order chi connectivity index (χ0) is 11.0. The molecule has 2 heterocycles. The first kappa shape index (κ1) is 10.3. The third-order valence-corrected chi connectivity index (χ3v) is 3.82. The molecular formula is C13H18N2O. The molecule has 2 aliphatic rings. The maximum Gasteiger partial charge on any atom is 0.134 e. The largest absolute Gasteiger partial charge is 0.374 e. The van der Waals surface area contributed by atoms with Crippen LogP contribution in [0.15, 0.2) is 30.3 Å². The highest BCUT2D eigenvalue weighted by molar-refractivity contribution is 5.18. The molecule has 0 aromatic heterocycles. The fourth-order valence-corrected chi connectivity index (χ4v) is 3.01. The van der Waals surface area contributed by atoms with Gasteiger partial charge in [0.2, 0.25) is 0 Å².